The largest absolute Gasteiger partial charge is 0.340 e. The zero-order valence-corrected chi connectivity index (χ0v) is 14.1. The van der Waals surface area contributed by atoms with Crippen LogP contribution in [0.5, 0.6) is 0 Å². The van der Waals surface area contributed by atoms with E-state index in [0.717, 1.165) is 11.3 Å². The molecule has 0 saturated heterocycles. The van der Waals surface area contributed by atoms with Gasteiger partial charge in [0.2, 0.25) is 0 Å². The SMILES string of the molecule is Cc1cccc(NC(=O)c2ccc(Nc3ccc(F)c(Cl)c3)nc2)c1. The number of hydrogen-bond acceptors (Lipinski definition) is 3. The Morgan fingerprint density at radius 3 is 2.60 bits per heavy atom. The fourth-order valence-corrected chi connectivity index (χ4v) is 2.43. The molecule has 6 heteroatoms. The van der Waals surface area contributed by atoms with Crippen LogP contribution in [-0.2, 0) is 0 Å². The van der Waals surface area contributed by atoms with E-state index in [1.54, 1.807) is 18.2 Å². The number of carbonyl (C=O) groups is 1. The van der Waals surface area contributed by atoms with Gasteiger partial charge in [0.15, 0.2) is 0 Å². The van der Waals surface area contributed by atoms with Gasteiger partial charge in [-0.25, -0.2) is 9.37 Å². The third-order valence-electron chi connectivity index (χ3n) is 3.49. The van der Waals surface area contributed by atoms with Crippen LogP contribution in [0.2, 0.25) is 5.02 Å². The highest BCUT2D eigenvalue weighted by molar-refractivity contribution is 6.31. The maximum atomic E-state index is 13.2. The minimum atomic E-state index is -0.483. The van der Waals surface area contributed by atoms with E-state index in [1.807, 2.05) is 31.2 Å². The van der Waals surface area contributed by atoms with Gasteiger partial charge in [0, 0.05) is 17.6 Å². The minimum Gasteiger partial charge on any atom is -0.340 e. The number of pyridine rings is 1. The number of aryl methyl sites for hydroxylation is 1. The van der Waals surface area contributed by atoms with E-state index in [-0.39, 0.29) is 10.9 Å². The Bertz CT molecular complexity index is 913. The predicted octanol–water partition coefficient (Wildman–Crippen LogP) is 5.18. The first-order chi connectivity index (χ1) is 12.0. The summed E-state index contributed by atoms with van der Waals surface area (Å²) >= 11 is 5.75. The number of nitrogens with one attached hydrogen (secondary N) is 2. The summed E-state index contributed by atoms with van der Waals surface area (Å²) in [6, 6.07) is 15.2. The normalized spacial score (nSPS) is 10.4. The smallest absolute Gasteiger partial charge is 0.257 e. The molecule has 0 saturated carbocycles. The second-order valence-electron chi connectivity index (χ2n) is 5.51. The third-order valence-corrected chi connectivity index (χ3v) is 3.78. The second-order valence-corrected chi connectivity index (χ2v) is 5.92. The quantitative estimate of drug-likeness (QED) is 0.678. The van der Waals surface area contributed by atoms with Crippen LogP contribution >= 0.6 is 11.6 Å². The molecular formula is C19H15ClFN3O. The molecule has 0 aliphatic carbocycles. The van der Waals surface area contributed by atoms with Crippen molar-refractivity contribution in [2.45, 2.75) is 6.92 Å². The summed E-state index contributed by atoms with van der Waals surface area (Å²) in [5.74, 6) is -0.201. The minimum absolute atomic E-state index is 0.0270. The predicted molar refractivity (Wildman–Crippen MR) is 98.1 cm³/mol. The standard InChI is InChI=1S/C19H15ClFN3O/c1-12-3-2-4-14(9-12)24-19(25)13-5-8-18(22-11-13)23-15-6-7-17(21)16(20)10-15/h2-11H,1H3,(H,22,23)(H,24,25). The Hall–Kier alpha value is -2.92. The van der Waals surface area contributed by atoms with Crippen molar-refractivity contribution in [3.05, 3.63) is 82.8 Å². The molecule has 126 valence electrons. The highest BCUT2D eigenvalue weighted by Crippen LogP contribution is 2.22. The van der Waals surface area contributed by atoms with Gasteiger partial charge in [-0.15, -0.1) is 0 Å². The second kappa shape index (κ2) is 7.32. The van der Waals surface area contributed by atoms with E-state index in [9.17, 15) is 9.18 Å². The number of hydrogen-bond donors (Lipinski definition) is 2. The lowest BCUT2D eigenvalue weighted by molar-refractivity contribution is 0.102. The van der Waals surface area contributed by atoms with E-state index in [1.165, 1.54) is 18.3 Å². The molecule has 2 aromatic carbocycles. The maximum Gasteiger partial charge on any atom is 0.257 e. The van der Waals surface area contributed by atoms with Crippen molar-refractivity contribution in [2.24, 2.45) is 0 Å². The highest BCUT2D eigenvalue weighted by atomic mass is 35.5. The van der Waals surface area contributed by atoms with Crippen LogP contribution in [0.15, 0.2) is 60.8 Å². The van der Waals surface area contributed by atoms with Crippen molar-refractivity contribution < 1.29 is 9.18 Å². The van der Waals surface area contributed by atoms with Crippen molar-refractivity contribution in [1.82, 2.24) is 4.98 Å². The van der Waals surface area contributed by atoms with E-state index < -0.39 is 5.82 Å². The fourth-order valence-electron chi connectivity index (χ4n) is 2.25. The zero-order chi connectivity index (χ0) is 17.8. The first-order valence-corrected chi connectivity index (χ1v) is 7.95. The molecule has 4 nitrogen and oxygen atoms in total. The molecule has 1 amide bonds. The molecule has 3 aromatic rings. The average molecular weight is 356 g/mol. The Labute approximate surface area is 149 Å². The van der Waals surface area contributed by atoms with E-state index in [0.29, 0.717) is 17.1 Å². The van der Waals surface area contributed by atoms with Crippen LogP contribution < -0.4 is 10.6 Å². The molecule has 3 rings (SSSR count). The number of anilines is 3. The highest BCUT2D eigenvalue weighted by Gasteiger charge is 2.08. The van der Waals surface area contributed by atoms with Crippen molar-refractivity contribution in [1.29, 1.82) is 0 Å². The summed E-state index contributed by atoms with van der Waals surface area (Å²) in [4.78, 5) is 16.4. The van der Waals surface area contributed by atoms with Gasteiger partial charge in [0.25, 0.3) is 5.91 Å². The molecule has 0 spiro atoms. The number of amides is 1. The average Bonchev–Trinajstić information content (AvgIpc) is 2.59. The third kappa shape index (κ3) is 4.33. The van der Waals surface area contributed by atoms with Gasteiger partial charge in [-0.1, -0.05) is 23.7 Å². The topological polar surface area (TPSA) is 54.0 Å². The van der Waals surface area contributed by atoms with Crippen LogP contribution in [0.3, 0.4) is 0 Å². The molecule has 0 unspecified atom stereocenters. The number of rotatable bonds is 4. The van der Waals surface area contributed by atoms with Crippen LogP contribution in [0, 0.1) is 12.7 Å². The summed E-state index contributed by atoms with van der Waals surface area (Å²) in [5.41, 5.74) is 2.83. The van der Waals surface area contributed by atoms with Gasteiger partial charge in [-0.05, 0) is 55.0 Å². The molecular weight excluding hydrogens is 341 g/mol. The van der Waals surface area contributed by atoms with Gasteiger partial charge in [-0.2, -0.15) is 0 Å². The summed E-state index contributed by atoms with van der Waals surface area (Å²) in [5, 5.41) is 5.85. The van der Waals surface area contributed by atoms with Gasteiger partial charge in [0.05, 0.1) is 10.6 Å². The van der Waals surface area contributed by atoms with E-state index in [2.05, 4.69) is 15.6 Å². The summed E-state index contributed by atoms with van der Waals surface area (Å²) in [6.45, 7) is 1.96. The first kappa shape index (κ1) is 16.9. The Morgan fingerprint density at radius 2 is 1.92 bits per heavy atom. The lowest BCUT2D eigenvalue weighted by atomic mass is 10.2. The molecule has 1 aromatic heterocycles. The number of halogens is 2. The van der Waals surface area contributed by atoms with Crippen LogP contribution in [0.25, 0.3) is 0 Å². The zero-order valence-electron chi connectivity index (χ0n) is 13.4. The van der Waals surface area contributed by atoms with E-state index >= 15 is 0 Å². The van der Waals surface area contributed by atoms with Crippen LogP contribution in [0.4, 0.5) is 21.6 Å². The number of benzene rings is 2. The lowest BCUT2D eigenvalue weighted by Gasteiger charge is -2.08. The molecule has 0 aliphatic heterocycles. The van der Waals surface area contributed by atoms with Gasteiger partial charge >= 0.3 is 0 Å². The summed E-state index contributed by atoms with van der Waals surface area (Å²) in [6.07, 6.45) is 1.47. The van der Waals surface area contributed by atoms with Crippen LogP contribution in [0.1, 0.15) is 15.9 Å². The number of carbonyl (C=O) groups excluding carboxylic acids is 1. The molecule has 0 aliphatic rings. The Morgan fingerprint density at radius 1 is 1.08 bits per heavy atom. The molecule has 25 heavy (non-hydrogen) atoms. The first-order valence-electron chi connectivity index (χ1n) is 7.57. The molecule has 0 atom stereocenters. The van der Waals surface area contributed by atoms with Crippen molar-refractivity contribution >= 4 is 34.7 Å². The Balaban J connectivity index is 1.69. The lowest BCUT2D eigenvalue weighted by Crippen LogP contribution is -2.12. The molecule has 0 bridgehead atoms. The summed E-state index contributed by atoms with van der Waals surface area (Å²) < 4.78 is 13.2. The fraction of sp³-hybridized carbons (Fsp3) is 0.0526. The van der Waals surface area contributed by atoms with Crippen LogP contribution in [-0.4, -0.2) is 10.9 Å². The summed E-state index contributed by atoms with van der Waals surface area (Å²) in [7, 11) is 0. The van der Waals surface area contributed by atoms with Gasteiger partial charge in [0.1, 0.15) is 11.6 Å². The molecule has 1 heterocycles. The monoisotopic (exact) mass is 355 g/mol. The van der Waals surface area contributed by atoms with E-state index in [4.69, 9.17) is 11.6 Å². The van der Waals surface area contributed by atoms with Gasteiger partial charge < -0.3 is 10.6 Å². The molecule has 2 N–H and O–H groups in total. The Kier molecular flexibility index (Phi) is 4.95. The number of nitrogens with zero attached hydrogens (tertiary/aromatic N) is 1. The van der Waals surface area contributed by atoms with Gasteiger partial charge in [-0.3, -0.25) is 4.79 Å². The molecule has 0 fully saturated rings. The van der Waals surface area contributed by atoms with Crippen molar-refractivity contribution in [3.63, 3.8) is 0 Å². The molecule has 0 radical (unpaired) electrons. The van der Waals surface area contributed by atoms with Crippen molar-refractivity contribution in [2.75, 3.05) is 10.6 Å². The van der Waals surface area contributed by atoms with Crippen molar-refractivity contribution in [3.8, 4) is 0 Å². The number of aromatic nitrogens is 1. The maximum absolute atomic E-state index is 13.2.